The molecule has 1 nitrogen and oxygen atoms in total. The molecule has 0 amide bonds. The standard InChI is InChI=1S/C14H14BrNS/c15-13-7-3-1-5-11(13)9-17-10-12-6-2-4-8-14(12)16/h1-8H,9-10,16H2. The molecule has 0 saturated heterocycles. The summed E-state index contributed by atoms with van der Waals surface area (Å²) in [6.07, 6.45) is 0. The third kappa shape index (κ3) is 3.51. The molecular formula is C14H14BrNS. The Bertz CT molecular complexity index is 454. The Hall–Kier alpha value is -0.930. The molecule has 0 saturated carbocycles. The van der Waals surface area contributed by atoms with E-state index in [1.807, 2.05) is 36.0 Å². The fourth-order valence-electron chi connectivity index (χ4n) is 1.55. The second-order valence-corrected chi connectivity index (χ2v) is 5.62. The predicted octanol–water partition coefficient (Wildman–Crippen LogP) is 4.46. The number of anilines is 1. The number of halogens is 1. The third-order valence-corrected chi connectivity index (χ3v) is 4.33. The van der Waals surface area contributed by atoms with Gasteiger partial charge in [0.05, 0.1) is 0 Å². The highest BCUT2D eigenvalue weighted by atomic mass is 79.9. The van der Waals surface area contributed by atoms with Gasteiger partial charge in [0.2, 0.25) is 0 Å². The van der Waals surface area contributed by atoms with Crippen molar-refractivity contribution in [1.82, 2.24) is 0 Å². The van der Waals surface area contributed by atoms with Crippen LogP contribution < -0.4 is 5.73 Å². The summed E-state index contributed by atoms with van der Waals surface area (Å²) >= 11 is 5.44. The lowest BCUT2D eigenvalue weighted by Gasteiger charge is -2.06. The number of para-hydroxylation sites is 1. The molecule has 2 aromatic carbocycles. The molecule has 3 heteroatoms. The van der Waals surface area contributed by atoms with E-state index in [4.69, 9.17) is 5.73 Å². The summed E-state index contributed by atoms with van der Waals surface area (Å²) in [4.78, 5) is 0. The van der Waals surface area contributed by atoms with Crippen LogP contribution in [0.25, 0.3) is 0 Å². The molecule has 0 fully saturated rings. The molecule has 0 bridgehead atoms. The van der Waals surface area contributed by atoms with Gasteiger partial charge in [-0.1, -0.05) is 52.3 Å². The van der Waals surface area contributed by atoms with E-state index in [0.717, 1.165) is 17.2 Å². The molecular weight excluding hydrogens is 294 g/mol. The first-order valence-electron chi connectivity index (χ1n) is 5.42. The summed E-state index contributed by atoms with van der Waals surface area (Å²) in [7, 11) is 0. The Morgan fingerprint density at radius 1 is 0.882 bits per heavy atom. The van der Waals surface area contributed by atoms with Gasteiger partial charge in [0.25, 0.3) is 0 Å². The van der Waals surface area contributed by atoms with Crippen molar-refractivity contribution in [2.24, 2.45) is 0 Å². The van der Waals surface area contributed by atoms with Crippen molar-refractivity contribution in [3.63, 3.8) is 0 Å². The molecule has 0 unspecified atom stereocenters. The van der Waals surface area contributed by atoms with Crippen LogP contribution in [0.1, 0.15) is 11.1 Å². The van der Waals surface area contributed by atoms with Crippen LogP contribution in [0, 0.1) is 0 Å². The second-order valence-electron chi connectivity index (χ2n) is 3.78. The Balaban J connectivity index is 1.93. The lowest BCUT2D eigenvalue weighted by atomic mass is 10.2. The fourth-order valence-corrected chi connectivity index (χ4v) is 3.22. The van der Waals surface area contributed by atoms with Crippen molar-refractivity contribution < 1.29 is 0 Å². The van der Waals surface area contributed by atoms with Gasteiger partial charge < -0.3 is 5.73 Å². The molecule has 88 valence electrons. The zero-order valence-corrected chi connectivity index (χ0v) is 11.8. The Morgan fingerprint density at radius 3 is 2.18 bits per heavy atom. The molecule has 0 aliphatic carbocycles. The molecule has 0 aliphatic rings. The molecule has 0 aliphatic heterocycles. The van der Waals surface area contributed by atoms with Crippen LogP contribution in [0.2, 0.25) is 0 Å². The number of nitrogens with two attached hydrogens (primary N) is 1. The second kappa shape index (κ2) is 6.12. The first-order chi connectivity index (χ1) is 8.27. The van der Waals surface area contributed by atoms with Crippen molar-refractivity contribution in [2.75, 3.05) is 5.73 Å². The maximum Gasteiger partial charge on any atom is 0.0355 e. The lowest BCUT2D eigenvalue weighted by molar-refractivity contribution is 1.35. The number of nitrogen functional groups attached to an aromatic ring is 1. The van der Waals surface area contributed by atoms with Gasteiger partial charge in [0.1, 0.15) is 0 Å². The van der Waals surface area contributed by atoms with Gasteiger partial charge in [0.15, 0.2) is 0 Å². The summed E-state index contributed by atoms with van der Waals surface area (Å²) in [5.41, 5.74) is 9.33. The summed E-state index contributed by atoms with van der Waals surface area (Å²) < 4.78 is 1.17. The molecule has 2 N–H and O–H groups in total. The van der Waals surface area contributed by atoms with E-state index in [9.17, 15) is 0 Å². The van der Waals surface area contributed by atoms with Gasteiger partial charge in [-0.05, 0) is 23.3 Å². The van der Waals surface area contributed by atoms with E-state index in [2.05, 4.69) is 40.2 Å². The minimum Gasteiger partial charge on any atom is -0.398 e. The van der Waals surface area contributed by atoms with E-state index in [1.165, 1.54) is 15.6 Å². The molecule has 0 radical (unpaired) electrons. The third-order valence-electron chi connectivity index (χ3n) is 2.53. The minimum absolute atomic E-state index is 0.882. The van der Waals surface area contributed by atoms with Gasteiger partial charge >= 0.3 is 0 Å². The van der Waals surface area contributed by atoms with E-state index in [1.54, 1.807) is 0 Å². The maximum absolute atomic E-state index is 5.91. The summed E-state index contributed by atoms with van der Waals surface area (Å²) in [5, 5.41) is 0. The van der Waals surface area contributed by atoms with Crippen LogP contribution in [-0.2, 0) is 11.5 Å². The predicted molar refractivity (Wildman–Crippen MR) is 80.0 cm³/mol. The molecule has 0 aromatic heterocycles. The van der Waals surface area contributed by atoms with Crippen LogP contribution in [0.4, 0.5) is 5.69 Å². The van der Waals surface area contributed by atoms with Crippen molar-refractivity contribution in [3.05, 3.63) is 64.1 Å². The zero-order chi connectivity index (χ0) is 12.1. The lowest BCUT2D eigenvalue weighted by Crippen LogP contribution is -1.92. The maximum atomic E-state index is 5.91. The summed E-state index contributed by atoms with van der Waals surface area (Å²) in [6.45, 7) is 0. The van der Waals surface area contributed by atoms with Crippen molar-refractivity contribution in [2.45, 2.75) is 11.5 Å². The van der Waals surface area contributed by atoms with Crippen LogP contribution in [0.3, 0.4) is 0 Å². The Morgan fingerprint density at radius 2 is 1.47 bits per heavy atom. The van der Waals surface area contributed by atoms with Gasteiger partial charge in [-0.3, -0.25) is 0 Å². The Kier molecular flexibility index (Phi) is 4.51. The molecule has 0 spiro atoms. The van der Waals surface area contributed by atoms with E-state index in [-0.39, 0.29) is 0 Å². The highest BCUT2D eigenvalue weighted by Gasteiger charge is 2.01. The van der Waals surface area contributed by atoms with Crippen molar-refractivity contribution >= 4 is 33.4 Å². The zero-order valence-electron chi connectivity index (χ0n) is 9.40. The number of hydrogen-bond donors (Lipinski definition) is 1. The van der Waals surface area contributed by atoms with Crippen LogP contribution in [0.15, 0.2) is 53.0 Å². The van der Waals surface area contributed by atoms with Gasteiger partial charge in [-0.15, -0.1) is 0 Å². The highest BCUT2D eigenvalue weighted by molar-refractivity contribution is 9.10. The molecule has 2 rings (SSSR count). The average Bonchev–Trinajstić information content (AvgIpc) is 2.34. The molecule has 0 heterocycles. The summed E-state index contributed by atoms with van der Waals surface area (Å²) in [6, 6.07) is 16.4. The van der Waals surface area contributed by atoms with Gasteiger partial charge in [0, 0.05) is 21.7 Å². The van der Waals surface area contributed by atoms with Crippen molar-refractivity contribution in [1.29, 1.82) is 0 Å². The molecule has 2 aromatic rings. The monoisotopic (exact) mass is 307 g/mol. The topological polar surface area (TPSA) is 26.0 Å². The number of hydrogen-bond acceptors (Lipinski definition) is 2. The normalized spacial score (nSPS) is 10.4. The number of benzene rings is 2. The minimum atomic E-state index is 0.882. The van der Waals surface area contributed by atoms with E-state index < -0.39 is 0 Å². The average molecular weight is 308 g/mol. The van der Waals surface area contributed by atoms with Crippen LogP contribution >= 0.6 is 27.7 Å². The van der Waals surface area contributed by atoms with Gasteiger partial charge in [-0.2, -0.15) is 11.8 Å². The molecule has 0 atom stereocenters. The van der Waals surface area contributed by atoms with Crippen molar-refractivity contribution in [3.8, 4) is 0 Å². The number of rotatable bonds is 4. The first kappa shape index (κ1) is 12.5. The van der Waals surface area contributed by atoms with E-state index >= 15 is 0 Å². The highest BCUT2D eigenvalue weighted by Crippen LogP contribution is 2.25. The van der Waals surface area contributed by atoms with Gasteiger partial charge in [-0.25, -0.2) is 0 Å². The van der Waals surface area contributed by atoms with E-state index in [0.29, 0.717) is 0 Å². The quantitative estimate of drug-likeness (QED) is 0.844. The molecule has 17 heavy (non-hydrogen) atoms. The fraction of sp³-hybridized carbons (Fsp3) is 0.143. The largest absolute Gasteiger partial charge is 0.398 e. The first-order valence-corrected chi connectivity index (χ1v) is 7.36. The Labute approximate surface area is 115 Å². The van der Waals surface area contributed by atoms with Crippen LogP contribution in [0.5, 0.6) is 0 Å². The SMILES string of the molecule is Nc1ccccc1CSCc1ccccc1Br. The number of thioether (sulfide) groups is 1. The van der Waals surface area contributed by atoms with Crippen LogP contribution in [-0.4, -0.2) is 0 Å². The smallest absolute Gasteiger partial charge is 0.0355 e. The summed E-state index contributed by atoms with van der Waals surface area (Å²) in [5.74, 6) is 1.95.